The van der Waals surface area contributed by atoms with Crippen molar-refractivity contribution in [3.63, 3.8) is 0 Å². The van der Waals surface area contributed by atoms with Gasteiger partial charge in [-0.1, -0.05) is 13.3 Å². The van der Waals surface area contributed by atoms with Crippen LogP contribution in [-0.4, -0.2) is 61.8 Å². The van der Waals surface area contributed by atoms with E-state index >= 15 is 0 Å². The minimum absolute atomic E-state index is 0.0698. The van der Waals surface area contributed by atoms with E-state index in [9.17, 15) is 5.11 Å². The Hall–Kier alpha value is -0.120. The molecule has 1 saturated carbocycles. The molecule has 1 aliphatic carbocycles. The maximum Gasteiger partial charge on any atom is 0.0580 e. The first kappa shape index (κ1) is 14.9. The fourth-order valence-corrected chi connectivity index (χ4v) is 2.77. The zero-order valence-corrected chi connectivity index (χ0v) is 12.0. The summed E-state index contributed by atoms with van der Waals surface area (Å²) in [5.41, 5.74) is 0. The van der Waals surface area contributed by atoms with Crippen molar-refractivity contribution < 1.29 is 5.11 Å². The molecule has 3 heteroatoms. The molecule has 1 fully saturated rings. The van der Waals surface area contributed by atoms with Gasteiger partial charge in [-0.05, 0) is 52.2 Å². The van der Waals surface area contributed by atoms with Crippen molar-refractivity contribution in [3.05, 3.63) is 0 Å². The van der Waals surface area contributed by atoms with Crippen molar-refractivity contribution >= 4 is 0 Å². The van der Waals surface area contributed by atoms with E-state index in [1.807, 2.05) is 0 Å². The number of hydrogen-bond acceptors (Lipinski definition) is 3. The molecule has 3 atom stereocenters. The van der Waals surface area contributed by atoms with Crippen LogP contribution in [0.3, 0.4) is 0 Å². The highest BCUT2D eigenvalue weighted by Crippen LogP contribution is 2.31. The maximum absolute atomic E-state index is 10.1. The van der Waals surface area contributed by atoms with Gasteiger partial charge < -0.3 is 14.9 Å². The molecule has 0 aromatic rings. The molecular weight excluding hydrogens is 212 g/mol. The van der Waals surface area contributed by atoms with E-state index in [-0.39, 0.29) is 6.10 Å². The molecule has 102 valence electrons. The lowest BCUT2D eigenvalue weighted by atomic mass is 9.78. The number of aliphatic hydroxyl groups is 1. The standard InChI is InChI=1S/C14H30N2O/c1-5-12-6-7-14(17)13(10-12)11-16(4)9-8-15(2)3/h12-14,17H,5-11H2,1-4H3. The summed E-state index contributed by atoms with van der Waals surface area (Å²) < 4.78 is 0. The van der Waals surface area contributed by atoms with E-state index in [1.54, 1.807) is 0 Å². The van der Waals surface area contributed by atoms with Gasteiger partial charge in [0.25, 0.3) is 0 Å². The van der Waals surface area contributed by atoms with Crippen molar-refractivity contribution in [2.45, 2.75) is 38.7 Å². The van der Waals surface area contributed by atoms with Gasteiger partial charge in [0.05, 0.1) is 6.10 Å². The van der Waals surface area contributed by atoms with Crippen molar-refractivity contribution in [3.8, 4) is 0 Å². The largest absolute Gasteiger partial charge is 0.393 e. The van der Waals surface area contributed by atoms with Crippen LogP contribution in [0.15, 0.2) is 0 Å². The molecule has 0 spiro atoms. The Bertz CT molecular complexity index is 208. The summed E-state index contributed by atoms with van der Waals surface area (Å²) >= 11 is 0. The van der Waals surface area contributed by atoms with Gasteiger partial charge in [0.15, 0.2) is 0 Å². The van der Waals surface area contributed by atoms with E-state index in [0.29, 0.717) is 5.92 Å². The van der Waals surface area contributed by atoms with Crippen LogP contribution in [0.5, 0.6) is 0 Å². The van der Waals surface area contributed by atoms with E-state index in [2.05, 4.69) is 37.9 Å². The van der Waals surface area contributed by atoms with Crippen molar-refractivity contribution in [2.24, 2.45) is 11.8 Å². The quantitative estimate of drug-likeness (QED) is 0.767. The molecule has 0 heterocycles. The van der Waals surface area contributed by atoms with E-state index < -0.39 is 0 Å². The molecule has 0 amide bonds. The molecule has 0 saturated heterocycles. The third-order valence-electron chi connectivity index (χ3n) is 4.10. The summed E-state index contributed by atoms with van der Waals surface area (Å²) in [5.74, 6) is 1.33. The first-order valence-electron chi connectivity index (χ1n) is 7.04. The second kappa shape index (κ2) is 7.34. The highest BCUT2D eigenvalue weighted by molar-refractivity contribution is 4.81. The molecular formula is C14H30N2O. The van der Waals surface area contributed by atoms with Gasteiger partial charge in [0.2, 0.25) is 0 Å². The minimum Gasteiger partial charge on any atom is -0.393 e. The number of likely N-dealkylation sites (N-methyl/N-ethyl adjacent to an activating group) is 2. The van der Waals surface area contributed by atoms with Crippen LogP contribution in [0.1, 0.15) is 32.6 Å². The van der Waals surface area contributed by atoms with Gasteiger partial charge in [-0.3, -0.25) is 0 Å². The highest BCUT2D eigenvalue weighted by Gasteiger charge is 2.28. The van der Waals surface area contributed by atoms with E-state index in [1.165, 1.54) is 19.3 Å². The Morgan fingerprint density at radius 1 is 1.12 bits per heavy atom. The molecule has 0 aromatic carbocycles. The molecule has 0 aliphatic heterocycles. The Balaban J connectivity index is 2.32. The Labute approximate surface area is 107 Å². The van der Waals surface area contributed by atoms with Gasteiger partial charge in [0.1, 0.15) is 0 Å². The van der Waals surface area contributed by atoms with E-state index in [4.69, 9.17) is 0 Å². The van der Waals surface area contributed by atoms with Crippen LogP contribution in [0.25, 0.3) is 0 Å². The minimum atomic E-state index is -0.0698. The monoisotopic (exact) mass is 242 g/mol. The zero-order chi connectivity index (χ0) is 12.8. The number of aliphatic hydroxyl groups excluding tert-OH is 1. The van der Waals surface area contributed by atoms with Gasteiger partial charge in [0, 0.05) is 19.6 Å². The van der Waals surface area contributed by atoms with Crippen molar-refractivity contribution in [1.29, 1.82) is 0 Å². The predicted molar refractivity (Wildman–Crippen MR) is 73.2 cm³/mol. The smallest absolute Gasteiger partial charge is 0.0580 e. The molecule has 3 nitrogen and oxygen atoms in total. The van der Waals surface area contributed by atoms with Crippen LogP contribution in [0.2, 0.25) is 0 Å². The van der Waals surface area contributed by atoms with Crippen molar-refractivity contribution in [2.75, 3.05) is 40.8 Å². The summed E-state index contributed by atoms with van der Waals surface area (Å²) in [6.45, 7) is 5.50. The third-order valence-corrected chi connectivity index (χ3v) is 4.10. The van der Waals surface area contributed by atoms with Gasteiger partial charge in [-0.15, -0.1) is 0 Å². The SMILES string of the molecule is CCC1CCC(O)C(CN(C)CCN(C)C)C1. The summed E-state index contributed by atoms with van der Waals surface area (Å²) in [4.78, 5) is 4.58. The number of hydrogen-bond donors (Lipinski definition) is 1. The van der Waals surface area contributed by atoms with Crippen LogP contribution in [0, 0.1) is 11.8 Å². The first-order chi connectivity index (χ1) is 8.02. The molecule has 0 aromatic heterocycles. The fourth-order valence-electron chi connectivity index (χ4n) is 2.77. The lowest BCUT2D eigenvalue weighted by Gasteiger charge is -2.35. The molecule has 3 unspecified atom stereocenters. The lowest BCUT2D eigenvalue weighted by Crippen LogP contribution is -2.39. The Morgan fingerprint density at radius 3 is 2.41 bits per heavy atom. The second-order valence-electron chi connectivity index (χ2n) is 5.98. The topological polar surface area (TPSA) is 26.7 Å². The molecule has 0 radical (unpaired) electrons. The predicted octanol–water partition coefficient (Wildman–Crippen LogP) is 1.67. The van der Waals surface area contributed by atoms with Gasteiger partial charge in [-0.2, -0.15) is 0 Å². The van der Waals surface area contributed by atoms with Crippen LogP contribution in [0.4, 0.5) is 0 Å². The molecule has 17 heavy (non-hydrogen) atoms. The summed E-state index contributed by atoms with van der Waals surface area (Å²) in [5, 5.41) is 10.1. The first-order valence-corrected chi connectivity index (χ1v) is 7.04. The average molecular weight is 242 g/mol. The summed E-state index contributed by atoms with van der Waals surface area (Å²) in [7, 11) is 6.39. The van der Waals surface area contributed by atoms with Crippen LogP contribution >= 0.6 is 0 Å². The molecule has 1 rings (SSSR count). The zero-order valence-electron chi connectivity index (χ0n) is 12.0. The molecule has 1 N–H and O–H groups in total. The third kappa shape index (κ3) is 5.36. The summed E-state index contributed by atoms with van der Waals surface area (Å²) in [6, 6.07) is 0. The Kier molecular flexibility index (Phi) is 6.45. The van der Waals surface area contributed by atoms with E-state index in [0.717, 1.165) is 32.0 Å². The Morgan fingerprint density at radius 2 is 1.82 bits per heavy atom. The van der Waals surface area contributed by atoms with Crippen LogP contribution in [-0.2, 0) is 0 Å². The highest BCUT2D eigenvalue weighted by atomic mass is 16.3. The number of nitrogens with zero attached hydrogens (tertiary/aromatic N) is 2. The van der Waals surface area contributed by atoms with Crippen LogP contribution < -0.4 is 0 Å². The molecule has 1 aliphatic rings. The second-order valence-corrected chi connectivity index (χ2v) is 5.98. The van der Waals surface area contributed by atoms with Gasteiger partial charge >= 0.3 is 0 Å². The van der Waals surface area contributed by atoms with Gasteiger partial charge in [-0.25, -0.2) is 0 Å². The maximum atomic E-state index is 10.1. The fraction of sp³-hybridized carbons (Fsp3) is 1.00. The average Bonchev–Trinajstić information content (AvgIpc) is 2.29. The van der Waals surface area contributed by atoms with Crippen molar-refractivity contribution in [1.82, 2.24) is 9.80 Å². The molecule has 0 bridgehead atoms. The normalized spacial score (nSPS) is 30.2. The summed E-state index contributed by atoms with van der Waals surface area (Å²) in [6.07, 6.45) is 4.63. The number of rotatable bonds is 6. The lowest BCUT2D eigenvalue weighted by molar-refractivity contribution is 0.0302.